The van der Waals surface area contributed by atoms with E-state index in [9.17, 15) is 18.0 Å². The van der Waals surface area contributed by atoms with Crippen LogP contribution in [0.3, 0.4) is 0 Å². The van der Waals surface area contributed by atoms with Gasteiger partial charge < -0.3 is 10.1 Å². The first-order valence-corrected chi connectivity index (χ1v) is 6.87. The molecule has 1 rings (SSSR count). The number of alkyl halides is 4. The molecule has 1 atom stereocenters. The normalized spacial score (nSPS) is 13.2. The smallest absolute Gasteiger partial charge is 0.406 e. The number of halogens is 4. The van der Waals surface area contributed by atoms with Gasteiger partial charge in [-0.05, 0) is 23.6 Å². The molecule has 0 bridgehead atoms. The fourth-order valence-corrected chi connectivity index (χ4v) is 1.56. The fraction of sp³-hybridized carbons (Fsp3) is 0.462. The Hall–Kier alpha value is -1.24. The van der Waals surface area contributed by atoms with Crippen LogP contribution in [0.1, 0.15) is 19.4 Å². The van der Waals surface area contributed by atoms with Crippen LogP contribution in [0.25, 0.3) is 0 Å². The second kappa shape index (κ2) is 6.97. The molecule has 0 saturated heterocycles. The molecule has 0 aliphatic carbocycles. The third-order valence-electron chi connectivity index (χ3n) is 2.46. The largest absolute Gasteiger partial charge is 0.573 e. The zero-order valence-corrected chi connectivity index (χ0v) is 12.6. The van der Waals surface area contributed by atoms with Crippen molar-refractivity contribution in [3.05, 3.63) is 29.8 Å². The Kier molecular flexibility index (Phi) is 5.86. The van der Waals surface area contributed by atoms with Crippen LogP contribution in [0.15, 0.2) is 24.3 Å². The predicted octanol–water partition coefficient (Wildman–Crippen LogP) is 3.62. The number of hydrogen-bond donors (Lipinski definition) is 1. The lowest BCUT2D eigenvalue weighted by atomic mass is 10.1. The van der Waals surface area contributed by atoms with Gasteiger partial charge >= 0.3 is 6.36 Å². The summed E-state index contributed by atoms with van der Waals surface area (Å²) in [5, 5.41) is 2.70. The number of benzene rings is 1. The standard InChI is InChI=1S/C13H15BrF3NO2/c1-8(2)11(14)12(19)18-7-9-3-5-10(6-4-9)20-13(15,16)17/h3-6,8,11H,7H2,1-2H3,(H,18,19). The zero-order chi connectivity index (χ0) is 15.3. The molecular weight excluding hydrogens is 339 g/mol. The van der Waals surface area contributed by atoms with E-state index in [1.807, 2.05) is 13.8 Å². The third-order valence-corrected chi connectivity index (χ3v) is 3.93. The first-order valence-electron chi connectivity index (χ1n) is 5.95. The van der Waals surface area contributed by atoms with Crippen LogP contribution in [0.5, 0.6) is 5.75 Å². The molecule has 3 nitrogen and oxygen atoms in total. The number of amides is 1. The van der Waals surface area contributed by atoms with Crippen LogP contribution < -0.4 is 10.1 Å². The lowest BCUT2D eigenvalue weighted by Gasteiger charge is -2.14. The van der Waals surface area contributed by atoms with Crippen molar-refractivity contribution in [1.29, 1.82) is 0 Å². The molecule has 20 heavy (non-hydrogen) atoms. The van der Waals surface area contributed by atoms with Crippen molar-refractivity contribution in [1.82, 2.24) is 5.32 Å². The highest BCUT2D eigenvalue weighted by atomic mass is 79.9. The maximum absolute atomic E-state index is 12.0. The maximum Gasteiger partial charge on any atom is 0.573 e. The summed E-state index contributed by atoms with van der Waals surface area (Å²) in [6.07, 6.45) is -4.70. The van der Waals surface area contributed by atoms with Crippen LogP contribution >= 0.6 is 15.9 Å². The number of carbonyl (C=O) groups is 1. The zero-order valence-electron chi connectivity index (χ0n) is 11.0. The number of rotatable bonds is 5. The van der Waals surface area contributed by atoms with Gasteiger partial charge in [0.25, 0.3) is 0 Å². The maximum atomic E-state index is 12.0. The molecule has 0 saturated carbocycles. The second-order valence-electron chi connectivity index (χ2n) is 4.56. The fourth-order valence-electron chi connectivity index (χ4n) is 1.40. The molecule has 0 heterocycles. The van der Waals surface area contributed by atoms with Gasteiger partial charge in [0, 0.05) is 6.54 Å². The van der Waals surface area contributed by atoms with E-state index in [4.69, 9.17) is 0 Å². The minimum atomic E-state index is -4.70. The molecule has 0 fully saturated rings. The minimum absolute atomic E-state index is 0.151. The molecule has 1 aromatic carbocycles. The van der Waals surface area contributed by atoms with Crippen LogP contribution in [0.2, 0.25) is 0 Å². The van der Waals surface area contributed by atoms with Crippen molar-refractivity contribution in [3.63, 3.8) is 0 Å². The van der Waals surface area contributed by atoms with Gasteiger partial charge in [0.2, 0.25) is 5.91 Å². The van der Waals surface area contributed by atoms with E-state index in [0.717, 1.165) is 0 Å². The average Bonchev–Trinajstić information content (AvgIpc) is 2.34. The van der Waals surface area contributed by atoms with E-state index in [0.29, 0.717) is 5.56 Å². The summed E-state index contributed by atoms with van der Waals surface area (Å²) >= 11 is 3.27. The van der Waals surface area contributed by atoms with Crippen molar-refractivity contribution >= 4 is 21.8 Å². The lowest BCUT2D eigenvalue weighted by molar-refractivity contribution is -0.274. The van der Waals surface area contributed by atoms with Crippen molar-refractivity contribution in [2.24, 2.45) is 5.92 Å². The molecule has 0 aliphatic heterocycles. The van der Waals surface area contributed by atoms with Crippen molar-refractivity contribution in [2.45, 2.75) is 31.6 Å². The topological polar surface area (TPSA) is 38.3 Å². The van der Waals surface area contributed by atoms with Crippen LogP contribution in [0.4, 0.5) is 13.2 Å². The molecule has 0 spiro atoms. The van der Waals surface area contributed by atoms with Gasteiger partial charge in [-0.15, -0.1) is 13.2 Å². The van der Waals surface area contributed by atoms with Gasteiger partial charge in [-0.3, -0.25) is 4.79 Å². The van der Waals surface area contributed by atoms with Crippen LogP contribution in [-0.2, 0) is 11.3 Å². The molecule has 1 aromatic rings. The molecule has 112 valence electrons. The van der Waals surface area contributed by atoms with Crippen molar-refractivity contribution in [3.8, 4) is 5.75 Å². The highest BCUT2D eigenvalue weighted by Gasteiger charge is 2.30. The summed E-state index contributed by atoms with van der Waals surface area (Å²) in [6, 6.07) is 5.37. The first kappa shape index (κ1) is 16.8. The van der Waals surface area contributed by atoms with Crippen molar-refractivity contribution in [2.75, 3.05) is 0 Å². The molecule has 0 radical (unpaired) electrons. The quantitative estimate of drug-likeness (QED) is 0.821. The van der Waals surface area contributed by atoms with Crippen LogP contribution in [0, 0.1) is 5.92 Å². The van der Waals surface area contributed by atoms with E-state index in [2.05, 4.69) is 26.0 Å². The Morgan fingerprint density at radius 2 is 1.85 bits per heavy atom. The van der Waals surface area contributed by atoms with Gasteiger partial charge in [0.15, 0.2) is 0 Å². The third kappa shape index (κ3) is 5.81. The Morgan fingerprint density at radius 3 is 2.30 bits per heavy atom. The molecular formula is C13H15BrF3NO2. The van der Waals surface area contributed by atoms with E-state index in [1.54, 1.807) is 0 Å². The van der Waals surface area contributed by atoms with E-state index in [1.165, 1.54) is 24.3 Å². The Labute approximate surface area is 123 Å². The summed E-state index contributed by atoms with van der Waals surface area (Å²) in [6.45, 7) is 4.06. The monoisotopic (exact) mass is 353 g/mol. The predicted molar refractivity (Wildman–Crippen MR) is 72.5 cm³/mol. The first-order chi connectivity index (χ1) is 9.19. The molecule has 1 N–H and O–H groups in total. The highest BCUT2D eigenvalue weighted by molar-refractivity contribution is 9.10. The summed E-state index contributed by atoms with van der Waals surface area (Å²) in [5.41, 5.74) is 0.691. The number of hydrogen-bond acceptors (Lipinski definition) is 2. The van der Waals surface area contributed by atoms with Gasteiger partial charge in [-0.25, -0.2) is 0 Å². The van der Waals surface area contributed by atoms with Gasteiger partial charge in [0.05, 0.1) is 4.83 Å². The van der Waals surface area contributed by atoms with E-state index < -0.39 is 6.36 Å². The highest BCUT2D eigenvalue weighted by Crippen LogP contribution is 2.22. The van der Waals surface area contributed by atoms with Crippen molar-refractivity contribution < 1.29 is 22.7 Å². The van der Waals surface area contributed by atoms with Gasteiger partial charge in [-0.1, -0.05) is 41.9 Å². The number of ether oxygens (including phenoxy) is 1. The summed E-state index contributed by atoms with van der Waals surface area (Å²) in [4.78, 5) is 11.4. The average molecular weight is 354 g/mol. The van der Waals surface area contributed by atoms with Gasteiger partial charge in [-0.2, -0.15) is 0 Å². The Morgan fingerprint density at radius 1 is 1.30 bits per heavy atom. The molecule has 7 heteroatoms. The Bertz CT molecular complexity index is 446. The molecule has 0 aliphatic rings. The summed E-state index contributed by atoms with van der Waals surface area (Å²) < 4.78 is 39.7. The number of carbonyl (C=O) groups excluding carboxylic acids is 1. The SMILES string of the molecule is CC(C)C(Br)C(=O)NCc1ccc(OC(F)(F)F)cc1. The molecule has 1 amide bonds. The molecule has 0 aromatic heterocycles. The summed E-state index contributed by atoms with van der Waals surface area (Å²) in [5.74, 6) is -0.290. The number of nitrogens with one attached hydrogen (secondary N) is 1. The summed E-state index contributed by atoms with van der Waals surface area (Å²) in [7, 11) is 0. The Balaban J connectivity index is 2.52. The van der Waals surface area contributed by atoms with E-state index in [-0.39, 0.29) is 28.9 Å². The van der Waals surface area contributed by atoms with E-state index >= 15 is 0 Å². The minimum Gasteiger partial charge on any atom is -0.406 e. The molecule has 1 unspecified atom stereocenters. The second-order valence-corrected chi connectivity index (χ2v) is 5.54. The van der Waals surface area contributed by atoms with Gasteiger partial charge in [0.1, 0.15) is 5.75 Å². The lowest BCUT2D eigenvalue weighted by Crippen LogP contribution is -2.33. The van der Waals surface area contributed by atoms with Crippen LogP contribution in [-0.4, -0.2) is 17.1 Å².